The molecule has 162 valence electrons. The third-order valence-electron chi connectivity index (χ3n) is 4.76. The number of carbonyl (C=O) groups is 2. The molecule has 5 nitrogen and oxygen atoms in total. The van der Waals surface area contributed by atoms with E-state index in [9.17, 15) is 9.59 Å². The molecule has 0 radical (unpaired) electrons. The van der Waals surface area contributed by atoms with Gasteiger partial charge in [-0.25, -0.2) is 0 Å². The van der Waals surface area contributed by atoms with Crippen molar-refractivity contribution in [2.75, 3.05) is 18.4 Å². The van der Waals surface area contributed by atoms with E-state index in [0.29, 0.717) is 17.0 Å². The van der Waals surface area contributed by atoms with Gasteiger partial charge in [0.05, 0.1) is 0 Å². The maximum Gasteiger partial charge on any atom is 0.265 e. The highest BCUT2D eigenvalue weighted by Crippen LogP contribution is 2.28. The van der Waals surface area contributed by atoms with Gasteiger partial charge in [0.15, 0.2) is 6.10 Å². The highest BCUT2D eigenvalue weighted by molar-refractivity contribution is 9.10. The number of hydrogen-bond donors (Lipinski definition) is 1. The van der Waals surface area contributed by atoms with Crippen molar-refractivity contribution in [2.24, 2.45) is 0 Å². The molecule has 0 fully saturated rings. The van der Waals surface area contributed by atoms with E-state index in [1.807, 2.05) is 30.9 Å². The number of nitrogens with zero attached hydrogens (tertiary/aromatic N) is 1. The second-order valence-corrected chi connectivity index (χ2v) is 8.40. The molecule has 1 unspecified atom stereocenters. The van der Waals surface area contributed by atoms with Gasteiger partial charge in [0.2, 0.25) is 0 Å². The topological polar surface area (TPSA) is 58.6 Å². The molecule has 2 rings (SSSR count). The molecule has 0 aromatic heterocycles. The molecule has 0 spiro atoms. The van der Waals surface area contributed by atoms with Crippen LogP contribution in [0.15, 0.2) is 40.9 Å². The number of amides is 2. The van der Waals surface area contributed by atoms with Gasteiger partial charge in [-0.3, -0.25) is 9.59 Å². The summed E-state index contributed by atoms with van der Waals surface area (Å²) in [5, 5.41) is 2.86. The fourth-order valence-electron chi connectivity index (χ4n) is 3.29. The van der Waals surface area contributed by atoms with Crippen LogP contribution in [0.3, 0.4) is 0 Å². The van der Waals surface area contributed by atoms with Gasteiger partial charge in [-0.1, -0.05) is 29.8 Å². The molecule has 0 saturated carbocycles. The molecule has 0 aliphatic heterocycles. The minimum absolute atomic E-state index is 0.0227. The summed E-state index contributed by atoms with van der Waals surface area (Å²) in [5.41, 5.74) is 3.19. The van der Waals surface area contributed by atoms with Crippen LogP contribution in [0.5, 0.6) is 5.75 Å². The average Bonchev–Trinajstić information content (AvgIpc) is 2.70. The highest BCUT2D eigenvalue weighted by Gasteiger charge is 2.18. The number of rotatable bonds is 9. The van der Waals surface area contributed by atoms with E-state index < -0.39 is 6.10 Å². The summed E-state index contributed by atoms with van der Waals surface area (Å²) in [6.07, 6.45) is 1.19. The summed E-state index contributed by atoms with van der Waals surface area (Å²) in [6.45, 7) is 11.2. The Bertz CT molecular complexity index is 852. The van der Waals surface area contributed by atoms with Crippen molar-refractivity contribution in [3.05, 3.63) is 57.6 Å². The zero-order valence-corrected chi connectivity index (χ0v) is 20.0. The molecule has 6 heteroatoms. The number of carbonyl (C=O) groups excluding carboxylic acids is 2. The Kier molecular flexibility index (Phi) is 8.90. The SMILES string of the molecule is CCCN(CCC)C(=O)c1ccc(NC(=O)C(C)Oc2c(C)cc(Br)cc2C)cc1. The molecule has 2 amide bonds. The lowest BCUT2D eigenvalue weighted by Crippen LogP contribution is -2.32. The first-order valence-electron chi connectivity index (χ1n) is 10.4. The van der Waals surface area contributed by atoms with E-state index in [-0.39, 0.29) is 11.8 Å². The summed E-state index contributed by atoms with van der Waals surface area (Å²) >= 11 is 3.47. The van der Waals surface area contributed by atoms with E-state index in [2.05, 4.69) is 35.1 Å². The minimum Gasteiger partial charge on any atom is -0.480 e. The standard InChI is InChI=1S/C24H31BrN2O3/c1-6-12-27(13-7-2)24(29)19-8-10-21(11-9-19)26-23(28)18(5)30-22-16(3)14-20(25)15-17(22)4/h8-11,14-15,18H,6-7,12-13H2,1-5H3,(H,26,28). The Balaban J connectivity index is 2.02. The fourth-order valence-corrected chi connectivity index (χ4v) is 3.98. The summed E-state index contributed by atoms with van der Waals surface area (Å²) in [6, 6.07) is 10.9. The molecule has 0 aliphatic carbocycles. The Morgan fingerprint density at radius 1 is 1.03 bits per heavy atom. The van der Waals surface area contributed by atoms with Gasteiger partial charge in [0.25, 0.3) is 11.8 Å². The maximum absolute atomic E-state index is 12.7. The van der Waals surface area contributed by atoms with Crippen LogP contribution in [-0.4, -0.2) is 35.9 Å². The monoisotopic (exact) mass is 474 g/mol. The summed E-state index contributed by atoms with van der Waals surface area (Å²) in [4.78, 5) is 27.1. The van der Waals surface area contributed by atoms with Crippen LogP contribution in [-0.2, 0) is 4.79 Å². The van der Waals surface area contributed by atoms with Crippen molar-refractivity contribution < 1.29 is 14.3 Å². The van der Waals surface area contributed by atoms with Crippen LogP contribution >= 0.6 is 15.9 Å². The molecule has 2 aromatic carbocycles. The molecule has 0 bridgehead atoms. The van der Waals surface area contributed by atoms with E-state index in [1.165, 1.54) is 0 Å². The quantitative estimate of drug-likeness (QED) is 0.504. The minimum atomic E-state index is -0.658. The first-order valence-corrected chi connectivity index (χ1v) is 11.2. The average molecular weight is 475 g/mol. The number of benzene rings is 2. The normalized spacial score (nSPS) is 11.7. The molecular weight excluding hydrogens is 444 g/mol. The molecule has 2 aromatic rings. The van der Waals surface area contributed by atoms with Crippen molar-refractivity contribution >= 4 is 33.4 Å². The van der Waals surface area contributed by atoms with Gasteiger partial charge < -0.3 is 15.0 Å². The van der Waals surface area contributed by atoms with E-state index in [4.69, 9.17) is 4.74 Å². The second kappa shape index (κ2) is 11.2. The third-order valence-corrected chi connectivity index (χ3v) is 5.22. The summed E-state index contributed by atoms with van der Waals surface area (Å²) < 4.78 is 6.90. The van der Waals surface area contributed by atoms with Gasteiger partial charge in [-0.05, 0) is 81.1 Å². The van der Waals surface area contributed by atoms with Crippen molar-refractivity contribution in [3.63, 3.8) is 0 Å². The van der Waals surface area contributed by atoms with Crippen LogP contribution in [0.1, 0.15) is 55.1 Å². The van der Waals surface area contributed by atoms with Crippen molar-refractivity contribution in [1.82, 2.24) is 4.90 Å². The van der Waals surface area contributed by atoms with Crippen LogP contribution in [0.25, 0.3) is 0 Å². The van der Waals surface area contributed by atoms with E-state index in [1.54, 1.807) is 31.2 Å². The molecule has 1 atom stereocenters. The van der Waals surface area contributed by atoms with Crippen LogP contribution in [0.2, 0.25) is 0 Å². The van der Waals surface area contributed by atoms with Crippen LogP contribution in [0.4, 0.5) is 5.69 Å². The first-order chi connectivity index (χ1) is 14.3. The Hall–Kier alpha value is -2.34. The molecule has 30 heavy (non-hydrogen) atoms. The van der Waals surface area contributed by atoms with Crippen LogP contribution < -0.4 is 10.1 Å². The number of aryl methyl sites for hydroxylation is 2. The van der Waals surface area contributed by atoms with Crippen molar-refractivity contribution in [1.29, 1.82) is 0 Å². The molecule has 0 aliphatic rings. The first kappa shape index (κ1) is 23.9. The second-order valence-electron chi connectivity index (χ2n) is 7.49. The van der Waals surface area contributed by atoms with Gasteiger partial charge in [-0.2, -0.15) is 0 Å². The largest absolute Gasteiger partial charge is 0.480 e. The third kappa shape index (κ3) is 6.33. The molecule has 1 N–H and O–H groups in total. The van der Waals surface area contributed by atoms with Crippen LogP contribution in [0, 0.1) is 13.8 Å². The summed E-state index contributed by atoms with van der Waals surface area (Å²) in [7, 11) is 0. The predicted octanol–water partition coefficient (Wildman–Crippen LogP) is 5.73. The highest BCUT2D eigenvalue weighted by atomic mass is 79.9. The van der Waals surface area contributed by atoms with Gasteiger partial charge in [0.1, 0.15) is 5.75 Å². The Morgan fingerprint density at radius 3 is 2.07 bits per heavy atom. The summed E-state index contributed by atoms with van der Waals surface area (Å²) in [5.74, 6) is 0.498. The molecular formula is C24H31BrN2O3. The Morgan fingerprint density at radius 2 is 1.57 bits per heavy atom. The predicted molar refractivity (Wildman–Crippen MR) is 125 cm³/mol. The number of nitrogens with one attached hydrogen (secondary N) is 1. The van der Waals surface area contributed by atoms with Gasteiger partial charge >= 0.3 is 0 Å². The van der Waals surface area contributed by atoms with E-state index >= 15 is 0 Å². The fraction of sp³-hybridized carbons (Fsp3) is 0.417. The zero-order valence-electron chi connectivity index (χ0n) is 18.4. The lowest BCUT2D eigenvalue weighted by atomic mass is 10.1. The lowest BCUT2D eigenvalue weighted by Gasteiger charge is -2.21. The molecule has 0 heterocycles. The van der Waals surface area contributed by atoms with Gasteiger partial charge in [-0.15, -0.1) is 0 Å². The number of ether oxygens (including phenoxy) is 1. The number of halogens is 1. The molecule has 0 saturated heterocycles. The van der Waals surface area contributed by atoms with Gasteiger partial charge in [0, 0.05) is 28.8 Å². The Labute approximate surface area is 187 Å². The van der Waals surface area contributed by atoms with Crippen molar-refractivity contribution in [2.45, 2.75) is 53.6 Å². The van der Waals surface area contributed by atoms with Crippen molar-refractivity contribution in [3.8, 4) is 5.75 Å². The van der Waals surface area contributed by atoms with E-state index in [0.717, 1.165) is 41.5 Å². The number of hydrogen-bond acceptors (Lipinski definition) is 3. The number of anilines is 1. The zero-order chi connectivity index (χ0) is 22.3. The lowest BCUT2D eigenvalue weighted by molar-refractivity contribution is -0.122. The smallest absolute Gasteiger partial charge is 0.265 e. The maximum atomic E-state index is 12.7.